The molecular formula is C16H25F3IN3. The molecule has 0 saturated carbocycles. The summed E-state index contributed by atoms with van der Waals surface area (Å²) in [4.78, 5) is 4.29. The summed E-state index contributed by atoms with van der Waals surface area (Å²) in [6.07, 6.45) is -3.37. The molecule has 1 aromatic rings. The molecule has 0 aliphatic carbocycles. The fraction of sp³-hybridized carbons (Fsp3) is 0.562. The Labute approximate surface area is 153 Å². The number of unbranched alkanes of at least 4 members (excludes halogenated alkanes) is 1. The molecule has 0 amide bonds. The van der Waals surface area contributed by atoms with Crippen LogP contribution in [0.1, 0.15) is 31.7 Å². The zero-order chi connectivity index (χ0) is 16.3. The van der Waals surface area contributed by atoms with Crippen molar-refractivity contribution in [3.05, 3.63) is 35.9 Å². The molecule has 1 aromatic carbocycles. The van der Waals surface area contributed by atoms with Crippen molar-refractivity contribution in [2.24, 2.45) is 4.99 Å². The number of nitrogens with zero attached hydrogens (tertiary/aromatic N) is 1. The summed E-state index contributed by atoms with van der Waals surface area (Å²) in [5.41, 5.74) is 1.23. The van der Waals surface area contributed by atoms with Crippen molar-refractivity contribution in [2.75, 3.05) is 19.6 Å². The van der Waals surface area contributed by atoms with Crippen molar-refractivity contribution in [2.45, 2.75) is 38.8 Å². The molecule has 3 nitrogen and oxygen atoms in total. The van der Waals surface area contributed by atoms with Gasteiger partial charge in [-0.3, -0.25) is 4.99 Å². The Balaban J connectivity index is 0.00000484. The van der Waals surface area contributed by atoms with Gasteiger partial charge in [-0.15, -0.1) is 24.0 Å². The zero-order valence-corrected chi connectivity index (χ0v) is 15.7. The van der Waals surface area contributed by atoms with Gasteiger partial charge in [-0.2, -0.15) is 13.2 Å². The lowest BCUT2D eigenvalue weighted by atomic mass is 10.1. The summed E-state index contributed by atoms with van der Waals surface area (Å²) < 4.78 is 36.1. The van der Waals surface area contributed by atoms with Crippen molar-refractivity contribution in [3.8, 4) is 0 Å². The molecular weight excluding hydrogens is 418 g/mol. The Morgan fingerprint density at radius 1 is 1.09 bits per heavy atom. The van der Waals surface area contributed by atoms with Gasteiger partial charge in [0.25, 0.3) is 0 Å². The molecule has 23 heavy (non-hydrogen) atoms. The molecule has 2 N–H and O–H groups in total. The van der Waals surface area contributed by atoms with Gasteiger partial charge in [-0.05, 0) is 31.7 Å². The Bertz CT molecular complexity index is 436. The molecule has 0 fully saturated rings. The molecule has 0 aromatic heterocycles. The van der Waals surface area contributed by atoms with E-state index in [1.165, 1.54) is 5.56 Å². The quantitative estimate of drug-likeness (QED) is 0.274. The van der Waals surface area contributed by atoms with Crippen LogP contribution in [-0.2, 0) is 6.42 Å². The number of rotatable bonds is 8. The van der Waals surface area contributed by atoms with Crippen LogP contribution in [0.25, 0.3) is 0 Å². The highest BCUT2D eigenvalue weighted by Crippen LogP contribution is 2.21. The topological polar surface area (TPSA) is 36.4 Å². The average Bonchev–Trinajstić information content (AvgIpc) is 2.47. The largest absolute Gasteiger partial charge is 0.389 e. The number of hydrogen-bond acceptors (Lipinski definition) is 1. The highest BCUT2D eigenvalue weighted by Gasteiger charge is 2.25. The van der Waals surface area contributed by atoms with Crippen molar-refractivity contribution in [3.63, 3.8) is 0 Å². The predicted octanol–water partition coefficient (Wildman–Crippen LogP) is 4.13. The second-order valence-electron chi connectivity index (χ2n) is 5.00. The van der Waals surface area contributed by atoms with Gasteiger partial charge in [0.05, 0.1) is 0 Å². The molecule has 0 radical (unpaired) electrons. The van der Waals surface area contributed by atoms with E-state index in [0.717, 1.165) is 19.5 Å². The van der Waals surface area contributed by atoms with Gasteiger partial charge in [0.15, 0.2) is 5.96 Å². The van der Waals surface area contributed by atoms with E-state index in [-0.39, 0.29) is 30.4 Å². The Morgan fingerprint density at radius 2 is 1.78 bits per heavy atom. The second kappa shape index (κ2) is 12.4. The summed E-state index contributed by atoms with van der Waals surface area (Å²) in [6, 6.07) is 10.1. The molecule has 0 bridgehead atoms. The maximum absolute atomic E-state index is 12.0. The van der Waals surface area contributed by atoms with Crippen molar-refractivity contribution < 1.29 is 13.2 Å². The summed E-state index contributed by atoms with van der Waals surface area (Å²) in [6.45, 7) is 3.81. The Morgan fingerprint density at radius 3 is 2.39 bits per heavy atom. The van der Waals surface area contributed by atoms with Gasteiger partial charge in [0, 0.05) is 26.1 Å². The van der Waals surface area contributed by atoms with Crippen LogP contribution >= 0.6 is 24.0 Å². The van der Waals surface area contributed by atoms with Crippen LogP contribution in [0.2, 0.25) is 0 Å². The third-order valence-corrected chi connectivity index (χ3v) is 3.03. The van der Waals surface area contributed by atoms with Crippen molar-refractivity contribution in [1.82, 2.24) is 10.6 Å². The zero-order valence-electron chi connectivity index (χ0n) is 13.3. The third-order valence-electron chi connectivity index (χ3n) is 3.03. The third kappa shape index (κ3) is 12.1. The van der Waals surface area contributed by atoms with Crippen LogP contribution in [-0.4, -0.2) is 31.8 Å². The smallest absolute Gasteiger partial charge is 0.357 e. The monoisotopic (exact) mass is 443 g/mol. The van der Waals surface area contributed by atoms with Gasteiger partial charge in [-0.1, -0.05) is 30.3 Å². The number of halogens is 4. The molecule has 132 valence electrons. The van der Waals surface area contributed by atoms with E-state index in [4.69, 9.17) is 0 Å². The fourth-order valence-corrected chi connectivity index (χ4v) is 1.94. The maximum atomic E-state index is 12.0. The number of guanidine groups is 1. The number of hydrogen-bond donors (Lipinski definition) is 2. The van der Waals surface area contributed by atoms with Crippen LogP contribution in [0, 0.1) is 0 Å². The predicted molar refractivity (Wildman–Crippen MR) is 99.4 cm³/mol. The minimum Gasteiger partial charge on any atom is -0.357 e. The summed E-state index contributed by atoms with van der Waals surface area (Å²) in [5.74, 6) is 0.658. The van der Waals surface area contributed by atoms with Gasteiger partial charge >= 0.3 is 6.18 Å². The van der Waals surface area contributed by atoms with Crippen molar-refractivity contribution in [1.29, 1.82) is 0 Å². The van der Waals surface area contributed by atoms with E-state index in [2.05, 4.69) is 27.8 Å². The van der Waals surface area contributed by atoms with E-state index in [1.807, 2.05) is 25.1 Å². The number of nitrogens with one attached hydrogen (secondary N) is 2. The number of benzene rings is 1. The average molecular weight is 443 g/mol. The summed E-state index contributed by atoms with van der Waals surface area (Å²) in [5, 5.41) is 6.29. The normalized spacial score (nSPS) is 11.7. The second-order valence-corrected chi connectivity index (χ2v) is 5.00. The first-order chi connectivity index (χ1) is 10.5. The summed E-state index contributed by atoms with van der Waals surface area (Å²) in [7, 11) is 0. The lowest BCUT2D eigenvalue weighted by molar-refractivity contribution is -0.135. The first kappa shape index (κ1) is 22.0. The minimum atomic E-state index is -4.07. The first-order valence-corrected chi connectivity index (χ1v) is 7.64. The van der Waals surface area contributed by atoms with Crippen molar-refractivity contribution >= 4 is 29.9 Å². The molecule has 0 aliphatic heterocycles. The Hall–Kier alpha value is -0.990. The lowest BCUT2D eigenvalue weighted by Gasteiger charge is -2.11. The lowest BCUT2D eigenvalue weighted by Crippen LogP contribution is -2.38. The molecule has 7 heteroatoms. The van der Waals surface area contributed by atoms with Crippen LogP contribution < -0.4 is 10.6 Å². The van der Waals surface area contributed by atoms with Crippen LogP contribution in [0.15, 0.2) is 35.3 Å². The SMILES string of the molecule is CCNC(=NCCCCC(F)(F)F)NCCc1ccccc1.I. The van der Waals surface area contributed by atoms with E-state index >= 15 is 0 Å². The summed E-state index contributed by atoms with van der Waals surface area (Å²) >= 11 is 0. The highest BCUT2D eigenvalue weighted by atomic mass is 127. The minimum absolute atomic E-state index is 0. The van der Waals surface area contributed by atoms with E-state index in [1.54, 1.807) is 0 Å². The maximum Gasteiger partial charge on any atom is 0.389 e. The number of aliphatic imine (C=N–C) groups is 1. The van der Waals surface area contributed by atoms with E-state index in [0.29, 0.717) is 18.9 Å². The van der Waals surface area contributed by atoms with Gasteiger partial charge in [0.2, 0.25) is 0 Å². The van der Waals surface area contributed by atoms with Gasteiger partial charge in [-0.25, -0.2) is 0 Å². The highest BCUT2D eigenvalue weighted by molar-refractivity contribution is 14.0. The van der Waals surface area contributed by atoms with Crippen LogP contribution in [0.5, 0.6) is 0 Å². The fourth-order valence-electron chi connectivity index (χ4n) is 1.94. The van der Waals surface area contributed by atoms with E-state index < -0.39 is 12.6 Å². The van der Waals surface area contributed by atoms with Gasteiger partial charge in [0.1, 0.15) is 0 Å². The molecule has 1 rings (SSSR count). The molecule has 0 heterocycles. The molecule has 0 saturated heterocycles. The molecule has 0 aliphatic rings. The molecule has 0 spiro atoms. The molecule has 0 unspecified atom stereocenters. The van der Waals surface area contributed by atoms with E-state index in [9.17, 15) is 13.2 Å². The molecule has 0 atom stereocenters. The van der Waals surface area contributed by atoms with Gasteiger partial charge < -0.3 is 10.6 Å². The number of alkyl halides is 3. The first-order valence-electron chi connectivity index (χ1n) is 7.64. The van der Waals surface area contributed by atoms with Crippen LogP contribution in [0.4, 0.5) is 13.2 Å². The van der Waals surface area contributed by atoms with Crippen LogP contribution in [0.3, 0.4) is 0 Å². The standard InChI is InChI=1S/C16H24F3N3.HI/c1-2-20-15(21-12-7-6-11-16(17,18)19)22-13-10-14-8-4-3-5-9-14;/h3-5,8-9H,2,6-7,10-13H2,1H3,(H2,20,21,22);1H. The Kier molecular flexibility index (Phi) is 11.9.